The third kappa shape index (κ3) is 5.17. The lowest BCUT2D eigenvalue weighted by Gasteiger charge is -2.14. The van der Waals surface area contributed by atoms with E-state index in [2.05, 4.69) is 29.9 Å². The lowest BCUT2D eigenvalue weighted by Crippen LogP contribution is -2.07. The summed E-state index contributed by atoms with van der Waals surface area (Å²) in [6.07, 6.45) is 3.17. The second kappa shape index (κ2) is 10.4. The minimum absolute atomic E-state index is 0.000323. The van der Waals surface area contributed by atoms with Gasteiger partial charge in [0.05, 0.1) is 30.9 Å². The molecule has 0 aromatic carbocycles. The van der Waals surface area contributed by atoms with Gasteiger partial charge >= 0.3 is 6.18 Å². The molecule has 0 atom stereocenters. The minimum atomic E-state index is -4.56. The molecule has 2 aliphatic rings. The van der Waals surface area contributed by atoms with Gasteiger partial charge in [-0.15, -0.1) is 0 Å². The summed E-state index contributed by atoms with van der Waals surface area (Å²) in [6.45, 7) is -0.000323. The van der Waals surface area contributed by atoms with Gasteiger partial charge in [0, 0.05) is 24.4 Å². The number of hydrogen-bond donors (Lipinski definition) is 0. The third-order valence-corrected chi connectivity index (χ3v) is 7.35. The van der Waals surface area contributed by atoms with Crippen molar-refractivity contribution in [1.82, 2.24) is 39.5 Å². The maximum Gasteiger partial charge on any atom is 0.434 e. The van der Waals surface area contributed by atoms with Crippen molar-refractivity contribution in [1.29, 1.82) is 0 Å². The van der Waals surface area contributed by atoms with E-state index >= 15 is 0 Å². The number of nitrogens with zero attached hydrogens (tertiary/aromatic N) is 8. The predicted octanol–water partition coefficient (Wildman–Crippen LogP) is 5.57. The molecule has 5 aromatic rings. The van der Waals surface area contributed by atoms with Gasteiger partial charge in [0.25, 0.3) is 0 Å². The molecule has 0 amide bonds. The lowest BCUT2D eigenvalue weighted by molar-refractivity contribution is -0.140. The number of halogens is 3. The average Bonchev–Trinajstić information content (AvgIpc) is 3.97. The Bertz CT molecular complexity index is 1840. The fraction of sp³-hybridized carbons (Fsp3) is 0.345. The zero-order valence-corrected chi connectivity index (χ0v) is 23.2. The number of imidazole rings is 1. The molecule has 5 aromatic heterocycles. The van der Waals surface area contributed by atoms with Gasteiger partial charge in [0.2, 0.25) is 17.6 Å². The van der Waals surface area contributed by atoms with Crippen LogP contribution in [0.15, 0.2) is 43.0 Å². The van der Waals surface area contributed by atoms with Gasteiger partial charge in [-0.05, 0) is 49.9 Å². The monoisotopic (exact) mass is 590 g/mol. The molecule has 14 heteroatoms. The van der Waals surface area contributed by atoms with E-state index in [1.54, 1.807) is 35.0 Å². The number of alkyl halides is 3. The summed E-state index contributed by atoms with van der Waals surface area (Å²) in [5.41, 5.74) is 1.70. The molecular weight excluding hydrogens is 565 g/mol. The van der Waals surface area contributed by atoms with Crippen LogP contribution in [0.5, 0.6) is 17.6 Å². The van der Waals surface area contributed by atoms with Crippen LogP contribution in [0.1, 0.15) is 54.6 Å². The highest BCUT2D eigenvalue weighted by Crippen LogP contribution is 2.45. The molecule has 11 nitrogen and oxygen atoms in total. The molecule has 0 N–H and O–H groups in total. The van der Waals surface area contributed by atoms with Crippen LogP contribution in [0.25, 0.3) is 33.9 Å². The van der Waals surface area contributed by atoms with Crippen molar-refractivity contribution >= 4 is 11.0 Å². The number of hydrogen-bond acceptors (Lipinski definition) is 10. The molecule has 0 bridgehead atoms. The Morgan fingerprint density at radius 1 is 0.884 bits per heavy atom. The SMILES string of the molecule is COc1nc(-c2nc(C(F)(F)F)cn2C2CC2)ccc1COc1nc(-c2c(OC)ncnc2C2CC2)nc2ncccc12. The zero-order valence-electron chi connectivity index (χ0n) is 23.2. The summed E-state index contributed by atoms with van der Waals surface area (Å²) >= 11 is 0. The molecule has 0 aliphatic heterocycles. The van der Waals surface area contributed by atoms with Crippen LogP contribution < -0.4 is 14.2 Å². The van der Waals surface area contributed by atoms with E-state index in [1.807, 2.05) is 0 Å². The Hall–Kier alpha value is -4.88. The third-order valence-electron chi connectivity index (χ3n) is 7.35. The second-order valence-corrected chi connectivity index (χ2v) is 10.4. The number of ether oxygens (including phenoxy) is 3. The van der Waals surface area contributed by atoms with Crippen molar-refractivity contribution in [2.45, 2.75) is 50.4 Å². The highest BCUT2D eigenvalue weighted by molar-refractivity contribution is 5.83. The van der Waals surface area contributed by atoms with E-state index in [1.165, 1.54) is 20.5 Å². The summed E-state index contributed by atoms with van der Waals surface area (Å²) in [5, 5.41) is 0.588. The zero-order chi connectivity index (χ0) is 29.7. The molecule has 7 rings (SSSR count). The normalized spacial score (nSPS) is 15.1. The fourth-order valence-corrected chi connectivity index (χ4v) is 4.95. The number of pyridine rings is 2. The maximum atomic E-state index is 13.4. The van der Waals surface area contributed by atoms with Gasteiger partial charge < -0.3 is 18.8 Å². The van der Waals surface area contributed by atoms with Crippen LogP contribution in [0.3, 0.4) is 0 Å². The number of rotatable bonds is 9. The van der Waals surface area contributed by atoms with E-state index in [9.17, 15) is 13.2 Å². The van der Waals surface area contributed by atoms with Crippen molar-refractivity contribution < 1.29 is 27.4 Å². The van der Waals surface area contributed by atoms with Gasteiger partial charge in [-0.3, -0.25) is 0 Å². The molecule has 0 radical (unpaired) electrons. The van der Waals surface area contributed by atoms with Crippen molar-refractivity contribution in [3.05, 3.63) is 59.9 Å². The molecule has 220 valence electrons. The van der Waals surface area contributed by atoms with E-state index < -0.39 is 11.9 Å². The molecule has 2 fully saturated rings. The average molecular weight is 591 g/mol. The number of methoxy groups -OCH3 is 2. The molecule has 5 heterocycles. The van der Waals surface area contributed by atoms with Crippen molar-refractivity contribution in [2.24, 2.45) is 0 Å². The molecule has 0 unspecified atom stereocenters. The molecule has 2 aliphatic carbocycles. The number of aromatic nitrogens is 8. The molecule has 2 saturated carbocycles. The molecule has 0 saturated heterocycles. The Labute approximate surface area is 243 Å². The standard InChI is InChI=1S/C29H25F3N8O3/c1-41-26-16(7-10-19(36-26)25-37-20(29(30,31)32)12-40(25)17-8-9-17)13-43-27-18-4-3-11-33-23(18)38-24(39-27)21-22(15-5-6-15)34-14-35-28(21)42-2/h3-4,7,10-12,14-15,17H,5-6,8-9,13H2,1-2H3. The Morgan fingerprint density at radius 3 is 2.42 bits per heavy atom. The molecule has 0 spiro atoms. The van der Waals surface area contributed by atoms with Crippen LogP contribution in [-0.4, -0.2) is 53.7 Å². The van der Waals surface area contributed by atoms with Crippen LogP contribution in [0, 0.1) is 0 Å². The highest BCUT2D eigenvalue weighted by atomic mass is 19.4. The molecule has 43 heavy (non-hydrogen) atoms. The van der Waals surface area contributed by atoms with Crippen molar-refractivity contribution in [3.63, 3.8) is 0 Å². The summed E-state index contributed by atoms with van der Waals surface area (Å²) in [6, 6.07) is 6.84. The maximum absolute atomic E-state index is 13.4. The Balaban J connectivity index is 1.23. The largest absolute Gasteiger partial charge is 0.481 e. The van der Waals surface area contributed by atoms with Crippen molar-refractivity contribution in [3.8, 4) is 40.5 Å². The predicted molar refractivity (Wildman–Crippen MR) is 147 cm³/mol. The minimum Gasteiger partial charge on any atom is -0.481 e. The van der Waals surface area contributed by atoms with Crippen LogP contribution in [0.4, 0.5) is 13.2 Å². The Kier molecular flexibility index (Phi) is 6.55. The Morgan fingerprint density at radius 2 is 1.70 bits per heavy atom. The van der Waals surface area contributed by atoms with E-state index in [0.717, 1.165) is 37.6 Å². The van der Waals surface area contributed by atoms with Gasteiger partial charge in [-0.25, -0.2) is 29.9 Å². The van der Waals surface area contributed by atoms with E-state index in [-0.39, 0.29) is 41.8 Å². The first kappa shape index (κ1) is 27.0. The van der Waals surface area contributed by atoms with Crippen LogP contribution >= 0.6 is 0 Å². The first-order chi connectivity index (χ1) is 20.8. The van der Waals surface area contributed by atoms with Gasteiger partial charge in [0.1, 0.15) is 24.2 Å². The fourth-order valence-electron chi connectivity index (χ4n) is 4.95. The lowest BCUT2D eigenvalue weighted by atomic mass is 10.1. The van der Waals surface area contributed by atoms with E-state index in [4.69, 9.17) is 19.2 Å². The highest BCUT2D eigenvalue weighted by Gasteiger charge is 2.38. The topological polar surface area (TPSA) is 123 Å². The smallest absolute Gasteiger partial charge is 0.434 e. The van der Waals surface area contributed by atoms with Crippen LogP contribution in [-0.2, 0) is 12.8 Å². The van der Waals surface area contributed by atoms with Gasteiger partial charge in [-0.1, -0.05) is 0 Å². The quantitative estimate of drug-likeness (QED) is 0.215. The van der Waals surface area contributed by atoms with Crippen LogP contribution in [0.2, 0.25) is 0 Å². The summed E-state index contributed by atoms with van der Waals surface area (Å²) < 4.78 is 59.1. The first-order valence-electron chi connectivity index (χ1n) is 13.7. The number of fused-ring (bicyclic) bond motifs is 1. The van der Waals surface area contributed by atoms with Gasteiger partial charge in [0.15, 0.2) is 23.0 Å². The second-order valence-electron chi connectivity index (χ2n) is 10.4. The first-order valence-corrected chi connectivity index (χ1v) is 13.7. The summed E-state index contributed by atoms with van der Waals surface area (Å²) in [4.78, 5) is 31.0. The summed E-state index contributed by atoms with van der Waals surface area (Å²) in [5.74, 6) is 1.57. The molecular formula is C29H25F3N8O3. The summed E-state index contributed by atoms with van der Waals surface area (Å²) in [7, 11) is 2.97. The van der Waals surface area contributed by atoms with Gasteiger partial charge in [-0.2, -0.15) is 18.2 Å². The van der Waals surface area contributed by atoms with E-state index in [0.29, 0.717) is 33.9 Å². The van der Waals surface area contributed by atoms with Crippen molar-refractivity contribution in [2.75, 3.05) is 14.2 Å².